The van der Waals surface area contributed by atoms with Gasteiger partial charge in [0.25, 0.3) is 0 Å². The second kappa shape index (κ2) is 5.50. The second-order valence-electron chi connectivity index (χ2n) is 4.32. The molecule has 0 aliphatic carbocycles. The minimum absolute atomic E-state index is 0.0830. The van der Waals surface area contributed by atoms with Crippen LogP contribution in [0.25, 0.3) is 0 Å². The number of hydrogen-bond donors (Lipinski definition) is 1. The third-order valence-electron chi connectivity index (χ3n) is 2.86. The van der Waals surface area contributed by atoms with Gasteiger partial charge in [0.15, 0.2) is 0 Å². The van der Waals surface area contributed by atoms with Crippen LogP contribution < -0.4 is 5.32 Å². The molecule has 0 saturated carbocycles. The van der Waals surface area contributed by atoms with Crippen molar-refractivity contribution in [3.8, 4) is 0 Å². The Balaban J connectivity index is 2.05. The van der Waals surface area contributed by atoms with Crippen molar-refractivity contribution in [2.45, 2.75) is 18.9 Å². The Morgan fingerprint density at radius 3 is 3.00 bits per heavy atom. The molecule has 18 heavy (non-hydrogen) atoms. The summed E-state index contributed by atoms with van der Waals surface area (Å²) >= 11 is 3.36. The number of aromatic nitrogens is 2. The van der Waals surface area contributed by atoms with Crippen LogP contribution >= 0.6 is 15.9 Å². The molecular weight excluding hydrogens is 320 g/mol. The normalized spacial score (nSPS) is 21.8. The van der Waals surface area contributed by atoms with Crippen LogP contribution in [0, 0.1) is 0 Å². The maximum Gasteiger partial charge on any atom is 0.211 e. The van der Waals surface area contributed by atoms with Gasteiger partial charge in [-0.25, -0.2) is 22.7 Å². The highest BCUT2D eigenvalue weighted by Gasteiger charge is 2.26. The van der Waals surface area contributed by atoms with E-state index in [1.165, 1.54) is 16.9 Å². The van der Waals surface area contributed by atoms with Crippen molar-refractivity contribution in [1.82, 2.24) is 14.3 Å². The van der Waals surface area contributed by atoms with E-state index in [0.717, 1.165) is 17.3 Å². The summed E-state index contributed by atoms with van der Waals surface area (Å²) in [7, 11) is -3.11. The lowest BCUT2D eigenvalue weighted by atomic mass is 10.1. The number of rotatable bonds is 3. The summed E-state index contributed by atoms with van der Waals surface area (Å²) in [4.78, 5) is 8.01. The standard InChI is InChI=1S/C10H15BrN4O2S/c1-18(16,17)15-4-2-3-8(6-15)14-10-9(11)5-12-7-13-10/h5,7-8H,2-4,6H2,1H3,(H,12,13,14). The molecule has 2 rings (SSSR count). The summed E-state index contributed by atoms with van der Waals surface area (Å²) in [6, 6.07) is 0.0830. The van der Waals surface area contributed by atoms with Gasteiger partial charge in [0.1, 0.15) is 12.1 Å². The number of anilines is 1. The number of halogens is 1. The van der Waals surface area contributed by atoms with Crippen molar-refractivity contribution < 1.29 is 8.42 Å². The van der Waals surface area contributed by atoms with Gasteiger partial charge in [0, 0.05) is 25.3 Å². The Morgan fingerprint density at radius 2 is 2.33 bits per heavy atom. The largest absolute Gasteiger partial charge is 0.365 e. The van der Waals surface area contributed by atoms with E-state index < -0.39 is 10.0 Å². The highest BCUT2D eigenvalue weighted by molar-refractivity contribution is 9.10. The monoisotopic (exact) mass is 334 g/mol. The van der Waals surface area contributed by atoms with E-state index in [1.54, 1.807) is 6.20 Å². The van der Waals surface area contributed by atoms with Gasteiger partial charge in [0.2, 0.25) is 10.0 Å². The van der Waals surface area contributed by atoms with Crippen LogP contribution in [-0.4, -0.2) is 48.1 Å². The Labute approximate surface area is 115 Å². The molecule has 1 aliphatic heterocycles. The van der Waals surface area contributed by atoms with Gasteiger partial charge in [-0.15, -0.1) is 0 Å². The third-order valence-corrected chi connectivity index (χ3v) is 4.71. The quantitative estimate of drug-likeness (QED) is 0.895. The maximum absolute atomic E-state index is 11.5. The average molecular weight is 335 g/mol. The Morgan fingerprint density at radius 1 is 1.56 bits per heavy atom. The average Bonchev–Trinajstić information content (AvgIpc) is 2.31. The van der Waals surface area contributed by atoms with Gasteiger partial charge < -0.3 is 5.32 Å². The molecule has 1 aromatic rings. The predicted molar refractivity (Wildman–Crippen MR) is 72.8 cm³/mol. The summed E-state index contributed by atoms with van der Waals surface area (Å²) in [5.74, 6) is 0.699. The van der Waals surface area contributed by atoms with E-state index in [0.29, 0.717) is 18.9 Å². The fourth-order valence-electron chi connectivity index (χ4n) is 1.97. The van der Waals surface area contributed by atoms with Crippen molar-refractivity contribution in [3.05, 3.63) is 17.0 Å². The lowest BCUT2D eigenvalue weighted by Gasteiger charge is -2.31. The molecule has 2 heterocycles. The molecular formula is C10H15BrN4O2S. The van der Waals surface area contributed by atoms with Crippen molar-refractivity contribution in [1.29, 1.82) is 0 Å². The Bertz CT molecular complexity index is 522. The van der Waals surface area contributed by atoms with Gasteiger partial charge in [-0.3, -0.25) is 0 Å². The van der Waals surface area contributed by atoms with Crippen LogP contribution in [0.15, 0.2) is 17.0 Å². The molecule has 1 atom stereocenters. The summed E-state index contributed by atoms with van der Waals surface area (Å²) in [5, 5.41) is 3.25. The van der Waals surface area contributed by atoms with Crippen LogP contribution in [0.5, 0.6) is 0 Å². The van der Waals surface area contributed by atoms with E-state index in [-0.39, 0.29) is 6.04 Å². The van der Waals surface area contributed by atoms with E-state index in [9.17, 15) is 8.42 Å². The molecule has 1 saturated heterocycles. The van der Waals surface area contributed by atoms with Crippen LogP contribution in [-0.2, 0) is 10.0 Å². The SMILES string of the molecule is CS(=O)(=O)N1CCCC(Nc2ncncc2Br)C1. The van der Waals surface area contributed by atoms with Crippen LogP contribution in [0.1, 0.15) is 12.8 Å². The molecule has 0 spiro atoms. The van der Waals surface area contributed by atoms with E-state index in [2.05, 4.69) is 31.2 Å². The van der Waals surface area contributed by atoms with Crippen molar-refractivity contribution in [3.63, 3.8) is 0 Å². The minimum atomic E-state index is -3.11. The smallest absolute Gasteiger partial charge is 0.211 e. The van der Waals surface area contributed by atoms with Gasteiger partial charge in [-0.1, -0.05) is 0 Å². The third kappa shape index (κ3) is 3.39. The second-order valence-corrected chi connectivity index (χ2v) is 7.16. The van der Waals surface area contributed by atoms with Gasteiger partial charge in [-0.2, -0.15) is 0 Å². The van der Waals surface area contributed by atoms with Crippen LogP contribution in [0.2, 0.25) is 0 Å². The zero-order valence-corrected chi connectivity index (χ0v) is 12.4. The topological polar surface area (TPSA) is 75.2 Å². The summed E-state index contributed by atoms with van der Waals surface area (Å²) in [6.45, 7) is 1.08. The molecule has 0 aromatic carbocycles. The molecule has 1 fully saturated rings. The molecule has 1 aromatic heterocycles. The van der Waals surface area contributed by atoms with Crippen molar-refractivity contribution in [2.24, 2.45) is 0 Å². The van der Waals surface area contributed by atoms with Gasteiger partial charge in [0.05, 0.1) is 10.7 Å². The maximum atomic E-state index is 11.5. The first-order valence-corrected chi connectivity index (χ1v) is 8.28. The lowest BCUT2D eigenvalue weighted by molar-refractivity contribution is 0.329. The van der Waals surface area contributed by atoms with Gasteiger partial charge in [-0.05, 0) is 28.8 Å². The predicted octanol–water partition coefficient (Wildman–Crippen LogP) is 1.07. The first-order valence-electron chi connectivity index (χ1n) is 5.64. The highest BCUT2D eigenvalue weighted by atomic mass is 79.9. The number of nitrogens with one attached hydrogen (secondary N) is 1. The summed E-state index contributed by atoms with van der Waals surface area (Å²) in [5.41, 5.74) is 0. The fourth-order valence-corrected chi connectivity index (χ4v) is 3.22. The van der Waals surface area contributed by atoms with Crippen LogP contribution in [0.4, 0.5) is 5.82 Å². The molecule has 1 unspecified atom stereocenters. The molecule has 8 heteroatoms. The zero-order valence-electron chi connectivity index (χ0n) is 10.0. The van der Waals surface area contributed by atoms with Crippen molar-refractivity contribution in [2.75, 3.05) is 24.7 Å². The van der Waals surface area contributed by atoms with Crippen molar-refractivity contribution >= 4 is 31.8 Å². The van der Waals surface area contributed by atoms with E-state index in [1.807, 2.05) is 0 Å². The number of nitrogens with zero attached hydrogens (tertiary/aromatic N) is 3. The summed E-state index contributed by atoms with van der Waals surface area (Å²) < 4.78 is 25.3. The number of hydrogen-bond acceptors (Lipinski definition) is 5. The molecule has 1 aliphatic rings. The number of piperidine rings is 1. The molecule has 6 nitrogen and oxygen atoms in total. The summed E-state index contributed by atoms with van der Waals surface area (Å²) in [6.07, 6.45) is 6.16. The van der Waals surface area contributed by atoms with Gasteiger partial charge >= 0.3 is 0 Å². The zero-order chi connectivity index (χ0) is 13.2. The lowest BCUT2D eigenvalue weighted by Crippen LogP contribution is -2.44. The Hall–Kier alpha value is -0.730. The van der Waals surface area contributed by atoms with Crippen LogP contribution in [0.3, 0.4) is 0 Å². The minimum Gasteiger partial charge on any atom is -0.365 e. The number of sulfonamides is 1. The van der Waals surface area contributed by atoms with E-state index >= 15 is 0 Å². The van der Waals surface area contributed by atoms with E-state index in [4.69, 9.17) is 0 Å². The molecule has 1 N–H and O–H groups in total. The first-order chi connectivity index (χ1) is 8.47. The molecule has 100 valence electrons. The molecule has 0 bridgehead atoms. The highest BCUT2D eigenvalue weighted by Crippen LogP contribution is 2.21. The fraction of sp³-hybridized carbons (Fsp3) is 0.600. The molecule has 0 amide bonds. The Kier molecular flexibility index (Phi) is 4.18. The first kappa shape index (κ1) is 13.7. The molecule has 0 radical (unpaired) electrons.